The van der Waals surface area contributed by atoms with E-state index in [0.717, 1.165) is 46.4 Å². The lowest BCUT2D eigenvalue weighted by atomic mass is 9.85. The summed E-state index contributed by atoms with van der Waals surface area (Å²) in [6, 6.07) is 27.9. The van der Waals surface area contributed by atoms with Gasteiger partial charge in [0.05, 0.1) is 23.4 Å². The molecular formula is C42H41N3O3S3. The Morgan fingerprint density at radius 1 is 0.980 bits per heavy atom. The molecule has 7 rings (SSSR count). The van der Waals surface area contributed by atoms with Crippen LogP contribution in [-0.2, 0) is 29.6 Å². The van der Waals surface area contributed by atoms with Crippen LogP contribution in [0.2, 0.25) is 0 Å². The predicted molar refractivity (Wildman–Crippen MR) is 213 cm³/mol. The average Bonchev–Trinajstić information content (AvgIpc) is 3.70. The van der Waals surface area contributed by atoms with Gasteiger partial charge in [0.15, 0.2) is 10.9 Å². The Morgan fingerprint density at radius 3 is 2.41 bits per heavy atom. The van der Waals surface area contributed by atoms with Crippen LogP contribution in [0.5, 0.6) is 0 Å². The number of anilines is 1. The molecule has 6 nitrogen and oxygen atoms in total. The number of thiophene rings is 2. The minimum absolute atomic E-state index is 0.0195. The smallest absolute Gasteiger partial charge is 0.272 e. The molecule has 1 amide bonds. The molecule has 1 atom stereocenters. The third kappa shape index (κ3) is 7.52. The third-order valence-corrected chi connectivity index (χ3v) is 12.8. The Bertz CT molecular complexity index is 2290. The maximum absolute atomic E-state index is 14.1. The first-order chi connectivity index (χ1) is 24.4. The molecule has 1 aliphatic rings. The van der Waals surface area contributed by atoms with Crippen LogP contribution in [0.15, 0.2) is 94.9 Å². The summed E-state index contributed by atoms with van der Waals surface area (Å²) in [6.07, 6.45) is 2.73. The number of nitrogens with zero attached hydrogens (tertiary/aromatic N) is 2. The maximum atomic E-state index is 14.1. The monoisotopic (exact) mass is 731 g/mol. The highest BCUT2D eigenvalue weighted by Gasteiger charge is 2.29. The number of hydrogen-bond donors (Lipinski definition) is 1. The van der Waals surface area contributed by atoms with Crippen molar-refractivity contribution in [2.75, 3.05) is 11.1 Å². The molecule has 260 valence electrons. The van der Waals surface area contributed by atoms with Crippen LogP contribution in [0.1, 0.15) is 77.2 Å². The fourth-order valence-corrected chi connectivity index (χ4v) is 9.78. The Balaban J connectivity index is 1.18. The van der Waals surface area contributed by atoms with Gasteiger partial charge < -0.3 is 5.32 Å². The molecule has 0 aliphatic heterocycles. The molecule has 3 aromatic carbocycles. The molecule has 0 fully saturated rings. The quantitative estimate of drug-likeness (QED) is 0.0910. The largest absolute Gasteiger partial charge is 0.316 e. The second kappa shape index (κ2) is 14.4. The second-order valence-corrected chi connectivity index (χ2v) is 17.6. The van der Waals surface area contributed by atoms with E-state index in [1.165, 1.54) is 44.9 Å². The van der Waals surface area contributed by atoms with Crippen LogP contribution in [0.25, 0.3) is 20.7 Å². The number of aromatic nitrogens is 2. The van der Waals surface area contributed by atoms with Gasteiger partial charge in [-0.25, -0.2) is 4.98 Å². The van der Waals surface area contributed by atoms with Gasteiger partial charge in [-0.3, -0.25) is 19.0 Å². The van der Waals surface area contributed by atoms with Crippen molar-refractivity contribution in [3.8, 4) is 10.4 Å². The zero-order valence-corrected chi connectivity index (χ0v) is 32.0. The van der Waals surface area contributed by atoms with E-state index in [2.05, 4.69) is 64.2 Å². The van der Waals surface area contributed by atoms with Gasteiger partial charge in [-0.2, -0.15) is 0 Å². The Hall–Kier alpha value is -4.31. The number of rotatable bonds is 9. The number of aryl methyl sites for hydroxylation is 1. The topological polar surface area (TPSA) is 81.1 Å². The average molecular weight is 732 g/mol. The summed E-state index contributed by atoms with van der Waals surface area (Å²) in [7, 11) is 0. The van der Waals surface area contributed by atoms with Gasteiger partial charge in [-0.15, -0.1) is 22.7 Å². The molecule has 6 aromatic rings. The number of amides is 1. The van der Waals surface area contributed by atoms with Gasteiger partial charge >= 0.3 is 0 Å². The van der Waals surface area contributed by atoms with E-state index in [0.29, 0.717) is 44.0 Å². The van der Waals surface area contributed by atoms with Crippen molar-refractivity contribution in [3.63, 3.8) is 0 Å². The molecule has 3 aromatic heterocycles. The molecule has 3 heterocycles. The molecule has 1 aliphatic carbocycles. The van der Waals surface area contributed by atoms with Crippen LogP contribution < -0.4 is 10.9 Å². The van der Waals surface area contributed by atoms with Crippen LogP contribution in [-0.4, -0.2) is 27.0 Å². The zero-order chi connectivity index (χ0) is 35.9. The molecule has 9 heteroatoms. The summed E-state index contributed by atoms with van der Waals surface area (Å²) in [6.45, 7) is 11.1. The van der Waals surface area contributed by atoms with Crippen molar-refractivity contribution in [2.45, 2.75) is 71.0 Å². The highest BCUT2D eigenvalue weighted by Crippen LogP contribution is 2.41. The normalized spacial score (nSPS) is 14.4. The summed E-state index contributed by atoms with van der Waals surface area (Å²) in [5, 5.41) is 4.20. The number of carbonyl (C=O) groups excluding carboxylic acids is 2. The molecule has 0 saturated heterocycles. The van der Waals surface area contributed by atoms with E-state index in [9.17, 15) is 14.4 Å². The molecular weight excluding hydrogens is 691 g/mol. The molecule has 1 N–H and O–H groups in total. The Morgan fingerprint density at radius 2 is 1.71 bits per heavy atom. The minimum atomic E-state index is -0.241. The standard InChI is InChI=1S/C42H41N3O3S3/c1-25-11-14-28(15-12-25)33-22-32-38(50-33)40(48)45(23-27-9-7-6-8-10-27)41(43-32)49-24-35(46)44-39-36(31-20-13-26(2)21-34(31)51-39)37(47)29-16-18-30(19-17-29)42(3,4)5/h6-12,14-19,22,26H,13,20-21,23-24H2,1-5H3,(H,44,46). The van der Waals surface area contributed by atoms with Gasteiger partial charge in [0.2, 0.25) is 5.91 Å². The lowest BCUT2D eigenvalue weighted by Crippen LogP contribution is -2.24. The Kier molecular flexibility index (Phi) is 9.89. The van der Waals surface area contributed by atoms with E-state index in [4.69, 9.17) is 4.98 Å². The number of carbonyl (C=O) groups is 2. The van der Waals surface area contributed by atoms with E-state index in [-0.39, 0.29) is 28.4 Å². The zero-order valence-electron chi connectivity index (χ0n) is 29.5. The van der Waals surface area contributed by atoms with Crippen molar-refractivity contribution in [1.29, 1.82) is 0 Å². The number of fused-ring (bicyclic) bond motifs is 2. The number of thioether (sulfide) groups is 1. The third-order valence-electron chi connectivity index (χ3n) is 9.46. The van der Waals surface area contributed by atoms with E-state index in [1.807, 2.05) is 60.7 Å². The molecule has 51 heavy (non-hydrogen) atoms. The van der Waals surface area contributed by atoms with Crippen molar-refractivity contribution >= 4 is 61.3 Å². The number of benzene rings is 3. The highest BCUT2D eigenvalue weighted by molar-refractivity contribution is 7.99. The van der Waals surface area contributed by atoms with Crippen molar-refractivity contribution in [3.05, 3.63) is 134 Å². The summed E-state index contributed by atoms with van der Waals surface area (Å²) in [4.78, 5) is 49.0. The van der Waals surface area contributed by atoms with E-state index in [1.54, 1.807) is 4.57 Å². The second-order valence-electron chi connectivity index (χ2n) is 14.5. The number of hydrogen-bond acceptors (Lipinski definition) is 7. The summed E-state index contributed by atoms with van der Waals surface area (Å²) in [5.41, 5.74) is 7.13. The number of ketones is 1. The summed E-state index contributed by atoms with van der Waals surface area (Å²) >= 11 is 4.21. The van der Waals surface area contributed by atoms with Crippen molar-refractivity contribution in [1.82, 2.24) is 9.55 Å². The van der Waals surface area contributed by atoms with E-state index < -0.39 is 0 Å². The lowest BCUT2D eigenvalue weighted by molar-refractivity contribution is -0.113. The highest BCUT2D eigenvalue weighted by atomic mass is 32.2. The fourth-order valence-electron chi connectivity index (χ4n) is 6.50. The van der Waals surface area contributed by atoms with Crippen LogP contribution in [0, 0.1) is 12.8 Å². The minimum Gasteiger partial charge on any atom is -0.316 e. The van der Waals surface area contributed by atoms with Gasteiger partial charge in [-0.1, -0.05) is 124 Å². The van der Waals surface area contributed by atoms with Crippen molar-refractivity contribution < 1.29 is 9.59 Å². The number of nitrogens with one attached hydrogen (secondary N) is 1. The molecule has 1 unspecified atom stereocenters. The van der Waals surface area contributed by atoms with Gasteiger partial charge in [0.1, 0.15) is 9.70 Å². The first-order valence-electron chi connectivity index (χ1n) is 17.3. The maximum Gasteiger partial charge on any atom is 0.272 e. The summed E-state index contributed by atoms with van der Waals surface area (Å²) < 4.78 is 2.26. The lowest BCUT2D eigenvalue weighted by Gasteiger charge is -2.20. The van der Waals surface area contributed by atoms with Crippen LogP contribution in [0.3, 0.4) is 0 Å². The van der Waals surface area contributed by atoms with Crippen LogP contribution in [0.4, 0.5) is 5.00 Å². The SMILES string of the molecule is Cc1ccc(-c2cc3nc(SCC(=O)Nc4sc5c(c4C(=O)c4ccc(C(C)(C)C)cc4)CCC(C)C5)n(Cc4ccccc4)c(=O)c3s2)cc1. The molecule has 0 bridgehead atoms. The van der Waals surface area contributed by atoms with Gasteiger partial charge in [-0.05, 0) is 65.8 Å². The van der Waals surface area contributed by atoms with Crippen LogP contribution >= 0.6 is 34.4 Å². The molecule has 0 spiro atoms. The molecule has 0 saturated carbocycles. The Labute approximate surface area is 311 Å². The van der Waals surface area contributed by atoms with Gasteiger partial charge in [0, 0.05) is 15.3 Å². The van der Waals surface area contributed by atoms with Crippen molar-refractivity contribution in [2.24, 2.45) is 5.92 Å². The first-order valence-corrected chi connectivity index (χ1v) is 19.9. The molecule has 0 radical (unpaired) electrons. The fraction of sp³-hybridized carbons (Fsp3) is 0.286. The van der Waals surface area contributed by atoms with E-state index >= 15 is 0 Å². The first kappa shape index (κ1) is 35.1. The summed E-state index contributed by atoms with van der Waals surface area (Å²) in [5.74, 6) is 0.260. The van der Waals surface area contributed by atoms with Gasteiger partial charge in [0.25, 0.3) is 5.56 Å². The predicted octanol–water partition coefficient (Wildman–Crippen LogP) is 9.93.